The Balaban J connectivity index is 2.26. The molecule has 0 radical (unpaired) electrons. The predicted octanol–water partition coefficient (Wildman–Crippen LogP) is 2.37. The van der Waals surface area contributed by atoms with Gasteiger partial charge in [0.05, 0.1) is 11.6 Å². The Bertz CT molecular complexity index is 487. The third-order valence-electron chi connectivity index (χ3n) is 3.63. The van der Waals surface area contributed by atoms with Crippen LogP contribution >= 0.6 is 0 Å². The van der Waals surface area contributed by atoms with Gasteiger partial charge in [0.1, 0.15) is 5.69 Å². The molecule has 1 heterocycles. The lowest BCUT2D eigenvalue weighted by Gasteiger charge is -2.40. The molecule has 1 fully saturated rings. The van der Waals surface area contributed by atoms with Crippen molar-refractivity contribution in [2.45, 2.75) is 19.9 Å². The topological polar surface area (TPSA) is 30.3 Å². The minimum atomic E-state index is -0.659. The number of nitriles is 1. The van der Waals surface area contributed by atoms with E-state index in [4.69, 9.17) is 5.26 Å². The molecule has 1 saturated heterocycles. The Kier molecular flexibility index (Phi) is 4.01. The molecule has 1 aromatic rings. The maximum absolute atomic E-state index is 13.9. The Morgan fingerprint density at radius 2 is 1.95 bits per heavy atom. The zero-order valence-electron chi connectivity index (χ0n) is 11.2. The van der Waals surface area contributed by atoms with Crippen molar-refractivity contribution in [2.24, 2.45) is 0 Å². The monoisotopic (exact) mass is 265 g/mol. The molecular formula is C14H17F2N3. The first-order valence-electron chi connectivity index (χ1n) is 6.45. The van der Waals surface area contributed by atoms with Crippen LogP contribution in [0, 0.1) is 23.0 Å². The zero-order valence-corrected chi connectivity index (χ0v) is 11.2. The van der Waals surface area contributed by atoms with E-state index in [9.17, 15) is 8.78 Å². The van der Waals surface area contributed by atoms with Gasteiger partial charge in [0, 0.05) is 25.7 Å². The van der Waals surface area contributed by atoms with E-state index in [0.717, 1.165) is 25.2 Å². The lowest BCUT2D eigenvalue weighted by atomic mass is 10.1. The summed E-state index contributed by atoms with van der Waals surface area (Å²) in [5.74, 6) is -1.32. The Morgan fingerprint density at radius 1 is 1.32 bits per heavy atom. The van der Waals surface area contributed by atoms with Crippen LogP contribution in [0.2, 0.25) is 0 Å². The molecule has 1 aliphatic rings. The van der Waals surface area contributed by atoms with Gasteiger partial charge in [-0.25, -0.2) is 8.78 Å². The van der Waals surface area contributed by atoms with Gasteiger partial charge in [0.25, 0.3) is 0 Å². The summed E-state index contributed by atoms with van der Waals surface area (Å²) in [7, 11) is 0. The molecule has 0 bridgehead atoms. The fourth-order valence-corrected chi connectivity index (χ4v) is 2.60. The van der Waals surface area contributed by atoms with Crippen molar-refractivity contribution in [3.05, 3.63) is 29.3 Å². The second-order valence-electron chi connectivity index (χ2n) is 4.82. The summed E-state index contributed by atoms with van der Waals surface area (Å²) in [6.45, 7) is 7.04. The predicted molar refractivity (Wildman–Crippen MR) is 70.0 cm³/mol. The molecule has 19 heavy (non-hydrogen) atoms. The summed E-state index contributed by atoms with van der Waals surface area (Å²) in [5, 5.41) is 8.69. The van der Waals surface area contributed by atoms with E-state index in [1.165, 1.54) is 0 Å². The molecule has 0 aliphatic carbocycles. The van der Waals surface area contributed by atoms with Crippen LogP contribution in [0.15, 0.2) is 12.1 Å². The minimum absolute atomic E-state index is 0.0124. The number of hydrogen-bond donors (Lipinski definition) is 0. The minimum Gasteiger partial charge on any atom is -0.364 e. The molecule has 0 spiro atoms. The van der Waals surface area contributed by atoms with Crippen molar-refractivity contribution in [2.75, 3.05) is 31.1 Å². The van der Waals surface area contributed by atoms with Crippen LogP contribution < -0.4 is 4.90 Å². The molecule has 102 valence electrons. The molecule has 1 aliphatic heterocycles. The van der Waals surface area contributed by atoms with Gasteiger partial charge in [-0.2, -0.15) is 5.26 Å². The summed E-state index contributed by atoms with van der Waals surface area (Å²) in [4.78, 5) is 4.00. The third kappa shape index (κ3) is 2.69. The van der Waals surface area contributed by atoms with Crippen LogP contribution in [-0.4, -0.2) is 37.1 Å². The summed E-state index contributed by atoms with van der Waals surface area (Å²) >= 11 is 0. The van der Waals surface area contributed by atoms with E-state index in [-0.39, 0.29) is 17.3 Å². The molecule has 1 unspecified atom stereocenters. The Hall–Kier alpha value is -1.67. The zero-order chi connectivity index (χ0) is 14.0. The third-order valence-corrected chi connectivity index (χ3v) is 3.63. The van der Waals surface area contributed by atoms with Gasteiger partial charge in [-0.05, 0) is 25.6 Å². The molecule has 0 aromatic heterocycles. The van der Waals surface area contributed by atoms with Gasteiger partial charge in [0.2, 0.25) is 0 Å². The molecule has 5 heteroatoms. The van der Waals surface area contributed by atoms with Crippen molar-refractivity contribution in [1.82, 2.24) is 4.90 Å². The summed E-state index contributed by atoms with van der Waals surface area (Å²) < 4.78 is 27.9. The number of rotatable bonds is 2. The van der Waals surface area contributed by atoms with Crippen LogP contribution in [0.1, 0.15) is 19.4 Å². The first-order chi connectivity index (χ1) is 9.06. The van der Waals surface area contributed by atoms with Crippen molar-refractivity contribution in [3.8, 4) is 6.07 Å². The number of halogens is 2. The van der Waals surface area contributed by atoms with Gasteiger partial charge in [-0.1, -0.05) is 6.92 Å². The lowest BCUT2D eigenvalue weighted by Crippen LogP contribution is -2.52. The van der Waals surface area contributed by atoms with Gasteiger partial charge >= 0.3 is 0 Å². The SMILES string of the molecule is CCN1CCN(c2c(F)cc(C#N)cc2F)CC1C. The van der Waals surface area contributed by atoms with Crippen molar-refractivity contribution < 1.29 is 8.78 Å². The smallest absolute Gasteiger partial charge is 0.150 e. The largest absolute Gasteiger partial charge is 0.364 e. The van der Waals surface area contributed by atoms with Crippen LogP contribution in [-0.2, 0) is 0 Å². The molecule has 2 rings (SSSR count). The van der Waals surface area contributed by atoms with Gasteiger partial charge in [-0.15, -0.1) is 0 Å². The van der Waals surface area contributed by atoms with Crippen molar-refractivity contribution in [1.29, 1.82) is 5.26 Å². The number of nitrogens with zero attached hydrogens (tertiary/aromatic N) is 3. The number of hydrogen-bond acceptors (Lipinski definition) is 3. The average Bonchev–Trinajstić information content (AvgIpc) is 2.38. The van der Waals surface area contributed by atoms with E-state index in [0.29, 0.717) is 13.1 Å². The van der Waals surface area contributed by atoms with Crippen LogP contribution in [0.3, 0.4) is 0 Å². The van der Waals surface area contributed by atoms with Gasteiger partial charge < -0.3 is 4.90 Å². The number of anilines is 1. The van der Waals surface area contributed by atoms with E-state index in [2.05, 4.69) is 18.7 Å². The standard InChI is InChI=1S/C14H17F2N3/c1-3-18-4-5-19(9-10(18)2)14-12(15)6-11(8-17)7-13(14)16/h6-7,10H,3-5,9H2,1-2H3. The van der Waals surface area contributed by atoms with Gasteiger partial charge in [-0.3, -0.25) is 4.90 Å². The first-order valence-corrected chi connectivity index (χ1v) is 6.45. The van der Waals surface area contributed by atoms with E-state index >= 15 is 0 Å². The second-order valence-corrected chi connectivity index (χ2v) is 4.82. The number of benzene rings is 1. The highest BCUT2D eigenvalue weighted by Crippen LogP contribution is 2.27. The quantitative estimate of drug-likeness (QED) is 0.822. The molecule has 1 atom stereocenters. The lowest BCUT2D eigenvalue weighted by molar-refractivity contribution is 0.198. The van der Waals surface area contributed by atoms with Crippen LogP contribution in [0.5, 0.6) is 0 Å². The second kappa shape index (κ2) is 5.54. The Labute approximate surface area is 112 Å². The Morgan fingerprint density at radius 3 is 2.42 bits per heavy atom. The molecular weight excluding hydrogens is 248 g/mol. The number of likely N-dealkylation sites (N-methyl/N-ethyl adjacent to an activating group) is 1. The summed E-state index contributed by atoms with van der Waals surface area (Å²) in [6.07, 6.45) is 0. The van der Waals surface area contributed by atoms with E-state index in [1.807, 2.05) is 0 Å². The van der Waals surface area contributed by atoms with E-state index < -0.39 is 11.6 Å². The molecule has 1 aromatic carbocycles. The fourth-order valence-electron chi connectivity index (χ4n) is 2.60. The molecule has 0 amide bonds. The highest BCUT2D eigenvalue weighted by Gasteiger charge is 2.26. The van der Waals surface area contributed by atoms with Crippen molar-refractivity contribution in [3.63, 3.8) is 0 Å². The number of piperazine rings is 1. The molecule has 0 N–H and O–H groups in total. The first kappa shape index (κ1) is 13.8. The van der Waals surface area contributed by atoms with Crippen LogP contribution in [0.25, 0.3) is 0 Å². The van der Waals surface area contributed by atoms with Crippen molar-refractivity contribution >= 4 is 5.69 Å². The fraction of sp³-hybridized carbons (Fsp3) is 0.500. The summed E-state index contributed by atoms with van der Waals surface area (Å²) in [5.41, 5.74) is 0.000552. The normalized spacial score (nSPS) is 20.4. The van der Waals surface area contributed by atoms with E-state index in [1.54, 1.807) is 11.0 Å². The molecule has 3 nitrogen and oxygen atoms in total. The van der Waals surface area contributed by atoms with Crippen LogP contribution in [0.4, 0.5) is 14.5 Å². The average molecular weight is 265 g/mol. The molecule has 0 saturated carbocycles. The highest BCUT2D eigenvalue weighted by atomic mass is 19.1. The highest BCUT2D eigenvalue weighted by molar-refractivity contribution is 5.53. The maximum Gasteiger partial charge on any atom is 0.150 e. The maximum atomic E-state index is 13.9. The summed E-state index contributed by atoms with van der Waals surface area (Å²) in [6, 6.07) is 4.20. The van der Waals surface area contributed by atoms with Gasteiger partial charge in [0.15, 0.2) is 11.6 Å².